The third-order valence-electron chi connectivity index (χ3n) is 2.68. The summed E-state index contributed by atoms with van der Waals surface area (Å²) in [5.74, 6) is 0.0571. The van der Waals surface area contributed by atoms with Gasteiger partial charge in [0.05, 0.1) is 7.11 Å². The molecule has 0 amide bonds. The monoisotopic (exact) mass is 372 g/mol. The van der Waals surface area contributed by atoms with Gasteiger partial charge in [-0.15, -0.1) is 0 Å². The minimum Gasteiger partial charge on any atom is -0.465 e. The quantitative estimate of drug-likeness (QED) is 0.629. The van der Waals surface area contributed by atoms with Crippen LogP contribution in [-0.4, -0.2) is 23.0 Å². The number of nitrogens with zero attached hydrogens (tertiary/aromatic N) is 1. The number of esters is 1. The van der Waals surface area contributed by atoms with E-state index in [-0.39, 0.29) is 10.2 Å². The van der Waals surface area contributed by atoms with Gasteiger partial charge < -0.3 is 9.72 Å². The van der Waals surface area contributed by atoms with Crippen LogP contribution in [0.2, 0.25) is 5.02 Å². The molecule has 1 heterocycles. The van der Waals surface area contributed by atoms with Crippen LogP contribution in [0.15, 0.2) is 22.7 Å². The van der Waals surface area contributed by atoms with Gasteiger partial charge in [0.1, 0.15) is 16.0 Å². The molecule has 0 aliphatic carbocycles. The van der Waals surface area contributed by atoms with Gasteiger partial charge in [0.2, 0.25) is 0 Å². The van der Waals surface area contributed by atoms with Crippen LogP contribution in [0.5, 0.6) is 0 Å². The summed E-state index contributed by atoms with van der Waals surface area (Å²) in [6, 6.07) is 5.33. The van der Waals surface area contributed by atoms with Gasteiger partial charge in [-0.05, 0) is 41.1 Å². The maximum Gasteiger partial charge on any atom is 0.342 e. The first-order valence-corrected chi connectivity index (χ1v) is 7.16. The van der Waals surface area contributed by atoms with Gasteiger partial charge >= 0.3 is 5.97 Å². The minimum absolute atomic E-state index is 0.199. The fraction of sp³-hybridized carbons (Fsp3) is 0.154. The van der Waals surface area contributed by atoms with E-state index in [9.17, 15) is 4.79 Å². The zero-order valence-electron chi connectivity index (χ0n) is 10.7. The fourth-order valence-electron chi connectivity index (χ4n) is 1.74. The summed E-state index contributed by atoms with van der Waals surface area (Å²) in [5, 5.41) is 0.613. The Morgan fingerprint density at radius 1 is 1.50 bits per heavy atom. The molecule has 2 aromatic rings. The molecule has 7 heteroatoms. The van der Waals surface area contributed by atoms with E-state index in [1.54, 1.807) is 19.1 Å². The average molecular weight is 374 g/mol. The summed E-state index contributed by atoms with van der Waals surface area (Å²) in [6.45, 7) is 1.75. The predicted octanol–water partition coefficient (Wildman–Crippen LogP) is 4.32. The number of methoxy groups -OCH3 is 1. The van der Waals surface area contributed by atoms with Gasteiger partial charge in [0, 0.05) is 20.8 Å². The first kappa shape index (κ1) is 15.2. The number of carbonyl (C=O) groups is 1. The Morgan fingerprint density at radius 3 is 2.75 bits per heavy atom. The van der Waals surface area contributed by atoms with Crippen molar-refractivity contribution in [1.82, 2.24) is 9.97 Å². The van der Waals surface area contributed by atoms with Crippen LogP contribution >= 0.6 is 39.7 Å². The summed E-state index contributed by atoms with van der Waals surface area (Å²) >= 11 is 14.5. The molecule has 0 radical (unpaired) electrons. The Bertz CT molecular complexity index is 746. The number of halogens is 2. The number of aromatic amines is 1. The highest BCUT2D eigenvalue weighted by Gasteiger charge is 2.15. The normalized spacial score (nSPS) is 10.4. The highest BCUT2D eigenvalue weighted by Crippen LogP contribution is 2.29. The van der Waals surface area contributed by atoms with Crippen molar-refractivity contribution in [2.24, 2.45) is 0 Å². The van der Waals surface area contributed by atoms with Crippen LogP contribution in [-0.2, 0) is 4.74 Å². The molecule has 0 aliphatic heterocycles. The second kappa shape index (κ2) is 6.03. The van der Waals surface area contributed by atoms with Crippen LogP contribution < -0.4 is 0 Å². The minimum atomic E-state index is -0.502. The number of benzene rings is 1. The molecule has 1 aromatic carbocycles. The molecule has 0 unspecified atom stereocenters. The number of H-pyrrole nitrogens is 1. The van der Waals surface area contributed by atoms with Crippen LogP contribution in [0.4, 0.5) is 0 Å². The molecule has 0 atom stereocenters. The molecule has 1 N–H and O–H groups in total. The van der Waals surface area contributed by atoms with Crippen molar-refractivity contribution < 1.29 is 9.53 Å². The van der Waals surface area contributed by atoms with Crippen molar-refractivity contribution in [2.75, 3.05) is 7.11 Å². The summed E-state index contributed by atoms with van der Waals surface area (Å²) in [6.07, 6.45) is 0. The second-order valence-electron chi connectivity index (χ2n) is 4.01. The highest BCUT2D eigenvalue weighted by molar-refractivity contribution is 9.10. The topological polar surface area (TPSA) is 55.0 Å². The predicted molar refractivity (Wildman–Crippen MR) is 83.6 cm³/mol. The standard InChI is InChI=1S/C13H10BrClN2O2S/c1-6-10(13(18)19-2)12(20)17-11(16-6)8-4-3-7(15)5-9(8)14/h3-5H,1-2H3,(H,16,17,20). The summed E-state index contributed by atoms with van der Waals surface area (Å²) < 4.78 is 5.68. The molecule has 0 bridgehead atoms. The molecule has 0 saturated heterocycles. The lowest BCUT2D eigenvalue weighted by molar-refractivity contribution is 0.0598. The van der Waals surface area contributed by atoms with E-state index in [4.69, 9.17) is 28.6 Å². The molecule has 0 spiro atoms. The van der Waals surface area contributed by atoms with Crippen LogP contribution in [0.3, 0.4) is 0 Å². The Hall–Kier alpha value is -1.24. The van der Waals surface area contributed by atoms with E-state index in [2.05, 4.69) is 25.9 Å². The van der Waals surface area contributed by atoms with E-state index in [1.807, 2.05) is 6.07 Å². The molecular weight excluding hydrogens is 364 g/mol. The third kappa shape index (κ3) is 2.92. The van der Waals surface area contributed by atoms with E-state index in [1.165, 1.54) is 7.11 Å². The zero-order chi connectivity index (χ0) is 14.9. The fourth-order valence-corrected chi connectivity index (χ4v) is 2.94. The number of rotatable bonds is 2. The van der Waals surface area contributed by atoms with E-state index < -0.39 is 5.97 Å². The SMILES string of the molecule is COC(=O)c1c(C)[nH]c(-c2ccc(Cl)cc2Br)nc1=S. The zero-order valence-corrected chi connectivity index (χ0v) is 13.8. The highest BCUT2D eigenvalue weighted by atomic mass is 79.9. The Kier molecular flexibility index (Phi) is 4.57. The van der Waals surface area contributed by atoms with Crippen molar-refractivity contribution in [3.05, 3.63) is 43.6 Å². The molecule has 20 heavy (non-hydrogen) atoms. The average Bonchev–Trinajstić information content (AvgIpc) is 2.37. The molecular formula is C13H10BrClN2O2S. The molecule has 104 valence electrons. The van der Waals surface area contributed by atoms with Gasteiger partial charge in [-0.25, -0.2) is 9.78 Å². The number of aromatic nitrogens is 2. The third-order valence-corrected chi connectivity index (χ3v) is 3.87. The van der Waals surface area contributed by atoms with Crippen molar-refractivity contribution >= 4 is 45.7 Å². The lowest BCUT2D eigenvalue weighted by atomic mass is 10.2. The molecule has 1 aromatic heterocycles. The molecule has 0 saturated carbocycles. The van der Waals surface area contributed by atoms with Gasteiger partial charge in [-0.2, -0.15) is 0 Å². The van der Waals surface area contributed by atoms with Crippen molar-refractivity contribution in [1.29, 1.82) is 0 Å². The van der Waals surface area contributed by atoms with Crippen LogP contribution in [0.25, 0.3) is 11.4 Å². The van der Waals surface area contributed by atoms with Gasteiger partial charge in [-0.3, -0.25) is 0 Å². The van der Waals surface area contributed by atoms with Crippen molar-refractivity contribution in [3.8, 4) is 11.4 Å². The number of carbonyl (C=O) groups excluding carboxylic acids is 1. The van der Waals surface area contributed by atoms with Gasteiger partial charge in [-0.1, -0.05) is 23.8 Å². The number of hydrogen-bond acceptors (Lipinski definition) is 4. The lowest BCUT2D eigenvalue weighted by Gasteiger charge is -2.09. The smallest absolute Gasteiger partial charge is 0.342 e. The number of aryl methyl sites for hydroxylation is 1. The first-order valence-electron chi connectivity index (χ1n) is 5.58. The summed E-state index contributed by atoms with van der Waals surface area (Å²) in [4.78, 5) is 18.9. The molecule has 2 rings (SSSR count). The molecule has 0 aliphatic rings. The largest absolute Gasteiger partial charge is 0.465 e. The number of hydrogen-bond donors (Lipinski definition) is 1. The second-order valence-corrected chi connectivity index (χ2v) is 5.68. The van der Waals surface area contributed by atoms with Gasteiger partial charge in [0.15, 0.2) is 0 Å². The Balaban J connectivity index is 2.61. The maximum atomic E-state index is 11.6. The molecule has 0 fully saturated rings. The van der Waals surface area contributed by atoms with Gasteiger partial charge in [0.25, 0.3) is 0 Å². The van der Waals surface area contributed by atoms with Crippen LogP contribution in [0, 0.1) is 11.6 Å². The van der Waals surface area contributed by atoms with E-state index in [0.717, 1.165) is 10.0 Å². The van der Waals surface area contributed by atoms with Crippen LogP contribution in [0.1, 0.15) is 16.1 Å². The van der Waals surface area contributed by atoms with Crippen molar-refractivity contribution in [3.63, 3.8) is 0 Å². The first-order chi connectivity index (χ1) is 9.43. The molecule has 4 nitrogen and oxygen atoms in total. The summed E-state index contributed by atoms with van der Waals surface area (Å²) in [7, 11) is 1.31. The number of nitrogens with one attached hydrogen (secondary N) is 1. The number of ether oxygens (including phenoxy) is 1. The maximum absolute atomic E-state index is 11.6. The Morgan fingerprint density at radius 2 is 2.20 bits per heavy atom. The van der Waals surface area contributed by atoms with Crippen molar-refractivity contribution in [2.45, 2.75) is 6.92 Å². The Labute approximate surface area is 134 Å². The summed E-state index contributed by atoms with van der Waals surface area (Å²) in [5.41, 5.74) is 1.69. The van der Waals surface area contributed by atoms with E-state index >= 15 is 0 Å². The van der Waals surface area contributed by atoms with E-state index in [0.29, 0.717) is 16.5 Å². The lowest BCUT2D eigenvalue weighted by Crippen LogP contribution is -2.09.